The molecule has 146 valence electrons. The van der Waals surface area contributed by atoms with Crippen LogP contribution in [-0.4, -0.2) is 51.3 Å². The lowest BCUT2D eigenvalue weighted by Crippen LogP contribution is -2.37. The van der Waals surface area contributed by atoms with E-state index in [9.17, 15) is 9.60 Å². The summed E-state index contributed by atoms with van der Waals surface area (Å²) < 4.78 is 18.4. The molecule has 0 radical (unpaired) electrons. The summed E-state index contributed by atoms with van der Waals surface area (Å²) in [6.45, 7) is 1.10. The summed E-state index contributed by atoms with van der Waals surface area (Å²) in [5.41, 5.74) is 8.17. The number of halogens is 2. The second-order valence-electron chi connectivity index (χ2n) is 5.78. The largest absolute Gasteiger partial charge is 0.369 e. The molecular formula is C15H15BrFN9O2. The number of nitriles is 1. The van der Waals surface area contributed by atoms with Gasteiger partial charge in [0.25, 0.3) is 0 Å². The first-order valence-corrected chi connectivity index (χ1v) is 8.81. The number of benzene rings is 1. The van der Waals surface area contributed by atoms with Gasteiger partial charge in [-0.05, 0) is 50.9 Å². The zero-order valence-electron chi connectivity index (χ0n) is 14.3. The first kappa shape index (κ1) is 19.5. The lowest BCUT2D eigenvalue weighted by molar-refractivity contribution is 0.234. The number of anilines is 1. The van der Waals surface area contributed by atoms with E-state index in [0.29, 0.717) is 25.2 Å². The molecule has 1 fully saturated rings. The fourth-order valence-electron chi connectivity index (χ4n) is 2.65. The van der Waals surface area contributed by atoms with Gasteiger partial charge in [0.15, 0.2) is 11.5 Å². The Kier molecular flexibility index (Phi) is 6.02. The van der Waals surface area contributed by atoms with Gasteiger partial charge in [-0.25, -0.2) is 14.0 Å². The molecule has 1 aromatic heterocycles. The quantitative estimate of drug-likeness (QED) is 0.232. The van der Waals surface area contributed by atoms with Crippen LogP contribution in [0.4, 0.5) is 15.9 Å². The number of aliphatic imine (C=N–C) groups is 2. The molecule has 0 aliphatic carbocycles. The molecule has 1 aliphatic rings. The highest BCUT2D eigenvalue weighted by molar-refractivity contribution is 9.10. The van der Waals surface area contributed by atoms with Gasteiger partial charge in [-0.15, -0.1) is 4.99 Å². The second-order valence-corrected chi connectivity index (χ2v) is 6.63. The summed E-state index contributed by atoms with van der Waals surface area (Å²) >= 11 is 3.08. The molecule has 2 aromatic rings. The van der Waals surface area contributed by atoms with Crippen LogP contribution in [0.1, 0.15) is 12.1 Å². The first-order chi connectivity index (χ1) is 13.5. The van der Waals surface area contributed by atoms with Crippen LogP contribution in [0.3, 0.4) is 0 Å². The third-order valence-electron chi connectivity index (χ3n) is 3.98. The highest BCUT2D eigenvalue weighted by Crippen LogP contribution is 2.24. The molecule has 0 saturated carbocycles. The topological polar surface area (TPSA) is 161 Å². The molecule has 0 amide bonds. The van der Waals surface area contributed by atoms with E-state index in [-0.39, 0.29) is 33.8 Å². The molecule has 1 atom stereocenters. The fraction of sp³-hybridized carbons (Fsp3) is 0.267. The second kappa shape index (κ2) is 8.63. The van der Waals surface area contributed by atoms with Gasteiger partial charge in [0.2, 0.25) is 18.0 Å². The van der Waals surface area contributed by atoms with Crippen molar-refractivity contribution in [3.63, 3.8) is 0 Å². The van der Waals surface area contributed by atoms with Crippen LogP contribution in [0.25, 0.3) is 0 Å². The van der Waals surface area contributed by atoms with Gasteiger partial charge in [-0.3, -0.25) is 10.7 Å². The first-order valence-electron chi connectivity index (χ1n) is 8.02. The smallest absolute Gasteiger partial charge is 0.209 e. The highest BCUT2D eigenvalue weighted by Gasteiger charge is 2.27. The zero-order valence-corrected chi connectivity index (χ0v) is 15.9. The minimum Gasteiger partial charge on any atom is -0.369 e. The van der Waals surface area contributed by atoms with Crippen LogP contribution >= 0.6 is 15.9 Å². The standard InChI is InChI=1S/C15H15BrFN9O2/c16-10-5-8(1-2-11(10)17)21-13(23-27)12-14(25-28-24-12)22-9-3-4-26(6-9)15(19)20-7-18/h1-2,5,9,27H,3-4,6H2,(H2,19,20)(H,21,23)(H,22,25). The molecule has 1 aromatic carbocycles. The van der Waals surface area contributed by atoms with E-state index >= 15 is 0 Å². The molecule has 1 saturated heterocycles. The maximum absolute atomic E-state index is 13.4. The van der Waals surface area contributed by atoms with E-state index in [1.807, 2.05) is 5.48 Å². The van der Waals surface area contributed by atoms with Crippen LogP contribution in [0.2, 0.25) is 0 Å². The van der Waals surface area contributed by atoms with E-state index in [1.165, 1.54) is 18.2 Å². The summed E-state index contributed by atoms with van der Waals surface area (Å²) in [7, 11) is 0. The van der Waals surface area contributed by atoms with Crippen LogP contribution in [-0.2, 0) is 0 Å². The number of amidine groups is 1. The van der Waals surface area contributed by atoms with Crippen molar-refractivity contribution in [3.05, 3.63) is 34.2 Å². The number of hydroxylamine groups is 1. The zero-order chi connectivity index (χ0) is 20.1. The molecule has 2 heterocycles. The number of nitrogens with zero attached hydrogens (tertiary/aromatic N) is 6. The Balaban J connectivity index is 1.77. The monoisotopic (exact) mass is 451 g/mol. The van der Waals surface area contributed by atoms with Crippen molar-refractivity contribution in [1.29, 1.82) is 5.26 Å². The number of hydrogen-bond donors (Lipinski definition) is 4. The van der Waals surface area contributed by atoms with Crippen LogP contribution in [0, 0.1) is 17.3 Å². The molecule has 1 unspecified atom stereocenters. The molecule has 13 heteroatoms. The van der Waals surface area contributed by atoms with Gasteiger partial charge in [-0.2, -0.15) is 5.26 Å². The van der Waals surface area contributed by atoms with E-state index < -0.39 is 5.82 Å². The number of aromatic nitrogens is 2. The minimum absolute atomic E-state index is 0.0392. The van der Waals surface area contributed by atoms with E-state index in [4.69, 9.17) is 15.6 Å². The van der Waals surface area contributed by atoms with E-state index in [0.717, 1.165) is 0 Å². The van der Waals surface area contributed by atoms with Crippen molar-refractivity contribution in [2.45, 2.75) is 12.5 Å². The van der Waals surface area contributed by atoms with Gasteiger partial charge in [0.05, 0.1) is 10.2 Å². The molecule has 3 rings (SSSR count). The number of nitrogens with two attached hydrogens (primary N) is 1. The minimum atomic E-state index is -0.437. The Morgan fingerprint density at radius 2 is 2.32 bits per heavy atom. The number of guanidine groups is 1. The van der Waals surface area contributed by atoms with Gasteiger partial charge in [0.1, 0.15) is 5.82 Å². The third kappa shape index (κ3) is 4.35. The van der Waals surface area contributed by atoms with Crippen molar-refractivity contribution in [3.8, 4) is 6.19 Å². The third-order valence-corrected chi connectivity index (χ3v) is 4.59. The summed E-state index contributed by atoms with van der Waals surface area (Å²) in [5.74, 6) is -0.0776. The lowest BCUT2D eigenvalue weighted by Gasteiger charge is -2.16. The van der Waals surface area contributed by atoms with Crippen molar-refractivity contribution in [2.24, 2.45) is 15.7 Å². The molecule has 5 N–H and O–H groups in total. The average Bonchev–Trinajstić information content (AvgIpc) is 3.33. The number of likely N-dealkylation sites (tertiary alicyclic amines) is 1. The summed E-state index contributed by atoms with van der Waals surface area (Å²) in [6.07, 6.45) is 2.36. The number of rotatable bonds is 4. The Labute approximate surface area is 166 Å². The van der Waals surface area contributed by atoms with Gasteiger partial charge in [-0.1, -0.05) is 0 Å². The lowest BCUT2D eigenvalue weighted by atomic mass is 10.2. The number of nitrogens with one attached hydrogen (secondary N) is 2. The van der Waals surface area contributed by atoms with Gasteiger partial charge < -0.3 is 16.0 Å². The molecule has 0 spiro atoms. The molecule has 28 heavy (non-hydrogen) atoms. The molecular weight excluding hydrogens is 437 g/mol. The Morgan fingerprint density at radius 1 is 1.50 bits per heavy atom. The summed E-state index contributed by atoms with van der Waals surface area (Å²) in [6, 6.07) is 4.04. The highest BCUT2D eigenvalue weighted by atomic mass is 79.9. The Hall–Kier alpha value is -3.24. The normalized spacial score (nSPS) is 17.5. The van der Waals surface area contributed by atoms with E-state index in [2.05, 4.69) is 41.5 Å². The fourth-order valence-corrected chi connectivity index (χ4v) is 3.02. The molecule has 11 nitrogen and oxygen atoms in total. The van der Waals surface area contributed by atoms with Gasteiger partial charge in [0, 0.05) is 19.1 Å². The number of hydrogen-bond acceptors (Lipinski definition) is 8. The Morgan fingerprint density at radius 3 is 3.04 bits per heavy atom. The van der Waals surface area contributed by atoms with Crippen LogP contribution in [0.5, 0.6) is 0 Å². The summed E-state index contributed by atoms with van der Waals surface area (Å²) in [5, 5.41) is 28.7. The van der Waals surface area contributed by atoms with Crippen molar-refractivity contribution >= 4 is 39.2 Å². The predicted molar refractivity (Wildman–Crippen MR) is 100 cm³/mol. The van der Waals surface area contributed by atoms with Gasteiger partial charge >= 0.3 is 0 Å². The molecule has 0 bridgehead atoms. The van der Waals surface area contributed by atoms with E-state index in [1.54, 1.807) is 11.1 Å². The Bertz CT molecular complexity index is 955. The van der Waals surface area contributed by atoms with Crippen LogP contribution in [0.15, 0.2) is 37.3 Å². The van der Waals surface area contributed by atoms with Crippen molar-refractivity contribution in [1.82, 2.24) is 20.7 Å². The molecule has 1 aliphatic heterocycles. The van der Waals surface area contributed by atoms with Crippen molar-refractivity contribution < 1.29 is 14.2 Å². The summed E-state index contributed by atoms with van der Waals surface area (Å²) in [4.78, 5) is 9.46. The predicted octanol–water partition coefficient (Wildman–Crippen LogP) is 1.31. The van der Waals surface area contributed by atoms with Crippen molar-refractivity contribution in [2.75, 3.05) is 18.4 Å². The maximum atomic E-state index is 13.4. The van der Waals surface area contributed by atoms with Crippen LogP contribution < -0.4 is 16.5 Å². The SMILES string of the molecule is N#CN=C(N)N1CCC(Nc2nonc2C(=Nc2ccc(F)c(Br)c2)NO)C1. The average molecular weight is 452 g/mol. The maximum Gasteiger partial charge on any atom is 0.209 e.